The Bertz CT molecular complexity index is 1090. The summed E-state index contributed by atoms with van der Waals surface area (Å²) in [6, 6.07) is 12.3. The first-order valence-corrected chi connectivity index (χ1v) is 10.7. The molecule has 2 aliphatic rings. The summed E-state index contributed by atoms with van der Waals surface area (Å²) in [5.74, 6) is 0.343. The van der Waals surface area contributed by atoms with Crippen molar-refractivity contribution in [3.63, 3.8) is 0 Å². The number of nitrogens with zero attached hydrogens (tertiary/aromatic N) is 1. The normalized spacial score (nSPS) is 17.3. The van der Waals surface area contributed by atoms with Crippen molar-refractivity contribution >= 4 is 28.8 Å². The first kappa shape index (κ1) is 21.0. The topological polar surface area (TPSA) is 60.5 Å². The van der Waals surface area contributed by atoms with Crippen molar-refractivity contribution in [1.82, 2.24) is 16.0 Å². The lowest BCUT2D eigenvalue weighted by Crippen LogP contribution is -2.39. The summed E-state index contributed by atoms with van der Waals surface area (Å²) in [6.07, 6.45) is 4.45. The Morgan fingerprint density at radius 2 is 2.13 bits per heavy atom. The van der Waals surface area contributed by atoms with E-state index in [1.165, 1.54) is 12.1 Å². The van der Waals surface area contributed by atoms with Gasteiger partial charge in [-0.3, -0.25) is 0 Å². The number of anilines is 1. The highest BCUT2D eigenvalue weighted by molar-refractivity contribution is 6.31. The van der Waals surface area contributed by atoms with Gasteiger partial charge in [0.25, 0.3) is 0 Å². The number of amidine groups is 1. The van der Waals surface area contributed by atoms with Crippen molar-refractivity contribution in [2.45, 2.75) is 19.5 Å². The molecule has 0 aromatic heterocycles. The van der Waals surface area contributed by atoms with Gasteiger partial charge in [0.2, 0.25) is 0 Å². The molecule has 1 unspecified atom stereocenters. The molecule has 7 heteroatoms. The Labute approximate surface area is 186 Å². The molecule has 2 heterocycles. The van der Waals surface area contributed by atoms with E-state index < -0.39 is 0 Å². The summed E-state index contributed by atoms with van der Waals surface area (Å²) in [5.41, 5.74) is 4.88. The summed E-state index contributed by atoms with van der Waals surface area (Å²) in [5, 5.41) is 14.0. The van der Waals surface area contributed by atoms with E-state index in [-0.39, 0.29) is 12.0 Å². The van der Waals surface area contributed by atoms with Crippen molar-refractivity contribution in [2.75, 3.05) is 18.4 Å². The second-order valence-corrected chi connectivity index (χ2v) is 7.78. The van der Waals surface area contributed by atoms with Gasteiger partial charge in [-0.2, -0.15) is 0 Å². The predicted octanol–water partition coefficient (Wildman–Crippen LogP) is 4.93. The van der Waals surface area contributed by atoms with Crippen molar-refractivity contribution in [1.29, 1.82) is 0 Å². The summed E-state index contributed by atoms with van der Waals surface area (Å²) >= 11 is 6.43. The van der Waals surface area contributed by atoms with Crippen molar-refractivity contribution in [3.05, 3.63) is 94.6 Å². The molecule has 4 rings (SSSR count). The van der Waals surface area contributed by atoms with Crippen LogP contribution in [0.5, 0.6) is 0 Å². The van der Waals surface area contributed by atoms with Crippen LogP contribution in [0.2, 0.25) is 5.02 Å². The standard InChI is InChI=1S/C24H25ClFN5/c1-3-11-28-21-9-8-16(26)13-19(21)15(2)29-24-18-10-12-27-14-22(18)30-23(31-24)17-6-4-5-7-20(17)25/h4-10,12-13,23,27-28,30H,2-3,11,14H2,1H3,(H,29,31). The minimum Gasteiger partial charge on any atom is -0.385 e. The van der Waals surface area contributed by atoms with Gasteiger partial charge in [-0.1, -0.05) is 43.3 Å². The van der Waals surface area contributed by atoms with Crippen LogP contribution < -0.4 is 21.3 Å². The fourth-order valence-electron chi connectivity index (χ4n) is 3.58. The summed E-state index contributed by atoms with van der Waals surface area (Å²) < 4.78 is 14.0. The molecule has 0 saturated carbocycles. The Morgan fingerprint density at radius 3 is 2.94 bits per heavy atom. The molecule has 0 radical (unpaired) electrons. The SMILES string of the molecule is C=C(NC1=NC(c2ccccc2Cl)NC2=C1C=CNC2)c1cc(F)ccc1NCCC. The van der Waals surface area contributed by atoms with Gasteiger partial charge in [-0.25, -0.2) is 9.38 Å². The molecular formula is C24H25ClFN5. The van der Waals surface area contributed by atoms with E-state index in [4.69, 9.17) is 16.6 Å². The van der Waals surface area contributed by atoms with Crippen molar-refractivity contribution < 1.29 is 4.39 Å². The molecule has 4 N–H and O–H groups in total. The number of dihydropyridines is 1. The summed E-state index contributed by atoms with van der Waals surface area (Å²) in [7, 11) is 0. The van der Waals surface area contributed by atoms with Gasteiger partial charge in [-0.05, 0) is 43.0 Å². The third-order valence-corrected chi connectivity index (χ3v) is 5.48. The van der Waals surface area contributed by atoms with E-state index in [1.807, 2.05) is 36.5 Å². The lowest BCUT2D eigenvalue weighted by atomic mass is 10.0. The summed E-state index contributed by atoms with van der Waals surface area (Å²) in [6.45, 7) is 7.69. The molecule has 2 aliphatic heterocycles. The second-order valence-electron chi connectivity index (χ2n) is 7.37. The lowest BCUT2D eigenvalue weighted by Gasteiger charge is -2.30. The molecule has 2 aromatic carbocycles. The highest BCUT2D eigenvalue weighted by atomic mass is 35.5. The Morgan fingerprint density at radius 1 is 1.29 bits per heavy atom. The van der Waals surface area contributed by atoms with Crippen LogP contribution in [0, 0.1) is 5.82 Å². The third-order valence-electron chi connectivity index (χ3n) is 5.14. The highest BCUT2D eigenvalue weighted by Crippen LogP contribution is 2.30. The zero-order valence-corrected chi connectivity index (χ0v) is 18.1. The molecule has 31 heavy (non-hydrogen) atoms. The number of rotatable bonds is 6. The quantitative estimate of drug-likeness (QED) is 0.517. The zero-order valence-electron chi connectivity index (χ0n) is 17.3. The molecule has 1 atom stereocenters. The van der Waals surface area contributed by atoms with Gasteiger partial charge in [-0.15, -0.1) is 0 Å². The van der Waals surface area contributed by atoms with Crippen molar-refractivity contribution in [2.24, 2.45) is 4.99 Å². The van der Waals surface area contributed by atoms with Gasteiger partial charge in [0.05, 0.1) is 6.54 Å². The molecule has 0 spiro atoms. The third kappa shape index (κ3) is 4.59. The zero-order chi connectivity index (χ0) is 21.8. The number of hydrogen-bond donors (Lipinski definition) is 4. The van der Waals surface area contributed by atoms with Crippen LogP contribution in [-0.2, 0) is 0 Å². The van der Waals surface area contributed by atoms with E-state index in [0.29, 0.717) is 28.7 Å². The van der Waals surface area contributed by atoms with E-state index in [9.17, 15) is 4.39 Å². The molecule has 5 nitrogen and oxygen atoms in total. The molecule has 0 fully saturated rings. The van der Waals surface area contributed by atoms with E-state index in [0.717, 1.165) is 35.5 Å². The first-order valence-electron chi connectivity index (χ1n) is 10.3. The van der Waals surface area contributed by atoms with Gasteiger partial charge < -0.3 is 21.3 Å². The lowest BCUT2D eigenvalue weighted by molar-refractivity contribution is 0.590. The maximum atomic E-state index is 14.0. The fourth-order valence-corrected chi connectivity index (χ4v) is 3.82. The number of benzene rings is 2. The van der Waals surface area contributed by atoms with Gasteiger partial charge in [0.1, 0.15) is 17.8 Å². The van der Waals surface area contributed by atoms with E-state index >= 15 is 0 Å². The van der Waals surface area contributed by atoms with Crippen LogP contribution in [0.4, 0.5) is 10.1 Å². The van der Waals surface area contributed by atoms with Gasteiger partial charge >= 0.3 is 0 Å². The van der Waals surface area contributed by atoms with Crippen LogP contribution in [-0.4, -0.2) is 18.9 Å². The minimum absolute atomic E-state index is 0.317. The number of hydrogen-bond acceptors (Lipinski definition) is 5. The fraction of sp³-hybridized carbons (Fsp3) is 0.208. The Kier molecular flexibility index (Phi) is 6.28. The average Bonchev–Trinajstić information content (AvgIpc) is 2.78. The van der Waals surface area contributed by atoms with Crippen LogP contribution in [0.1, 0.15) is 30.6 Å². The van der Waals surface area contributed by atoms with E-state index in [1.54, 1.807) is 6.07 Å². The van der Waals surface area contributed by atoms with Crippen LogP contribution in [0.3, 0.4) is 0 Å². The molecule has 0 amide bonds. The van der Waals surface area contributed by atoms with Gasteiger partial charge in [0, 0.05) is 45.3 Å². The molecule has 0 saturated heterocycles. The Balaban J connectivity index is 1.67. The van der Waals surface area contributed by atoms with Crippen LogP contribution >= 0.6 is 11.6 Å². The monoisotopic (exact) mass is 437 g/mol. The molecule has 160 valence electrons. The molecule has 2 aromatic rings. The number of aliphatic imine (C=N–C) groups is 1. The molecule has 0 aliphatic carbocycles. The maximum Gasteiger partial charge on any atom is 0.148 e. The Hall–Kier alpha value is -3.25. The van der Waals surface area contributed by atoms with Crippen LogP contribution in [0.25, 0.3) is 5.70 Å². The van der Waals surface area contributed by atoms with Crippen LogP contribution in [0.15, 0.2) is 77.6 Å². The number of halogens is 2. The average molecular weight is 438 g/mol. The maximum absolute atomic E-state index is 14.0. The first-order chi connectivity index (χ1) is 15.1. The number of nitrogens with one attached hydrogen (secondary N) is 4. The van der Waals surface area contributed by atoms with Crippen molar-refractivity contribution in [3.8, 4) is 0 Å². The summed E-state index contributed by atoms with van der Waals surface area (Å²) in [4.78, 5) is 4.88. The smallest absolute Gasteiger partial charge is 0.148 e. The molecular weight excluding hydrogens is 413 g/mol. The molecule has 0 bridgehead atoms. The minimum atomic E-state index is -0.346. The second kappa shape index (κ2) is 9.27. The van der Waals surface area contributed by atoms with Gasteiger partial charge in [0.15, 0.2) is 0 Å². The predicted molar refractivity (Wildman–Crippen MR) is 126 cm³/mol. The largest absolute Gasteiger partial charge is 0.385 e. The highest BCUT2D eigenvalue weighted by Gasteiger charge is 2.26. The van der Waals surface area contributed by atoms with E-state index in [2.05, 4.69) is 34.8 Å².